The molecule has 2 atom stereocenters. The second kappa shape index (κ2) is 3.12. The molecule has 2 unspecified atom stereocenters. The topological polar surface area (TPSA) is 24.9 Å². The van der Waals surface area contributed by atoms with Gasteiger partial charge in [-0.3, -0.25) is 4.98 Å². The Kier molecular flexibility index (Phi) is 1.79. The minimum Gasteiger partial charge on any atom is -0.388 e. The third-order valence-corrected chi connectivity index (χ3v) is 3.29. The number of nitrogens with zero attached hydrogens (tertiary/aromatic N) is 1. The molecule has 0 saturated carbocycles. The van der Waals surface area contributed by atoms with Crippen molar-refractivity contribution in [3.63, 3.8) is 0 Å². The zero-order valence-electron chi connectivity index (χ0n) is 8.11. The molecule has 0 radical (unpaired) electrons. The highest BCUT2D eigenvalue weighted by molar-refractivity contribution is 5.29. The predicted molar refractivity (Wildman–Crippen MR) is 55.8 cm³/mol. The first kappa shape index (κ1) is 8.04. The summed E-state index contributed by atoms with van der Waals surface area (Å²) >= 11 is 0. The van der Waals surface area contributed by atoms with Crippen LogP contribution in [0, 0.1) is 5.92 Å². The minimum atomic E-state index is 0.594. The molecule has 1 aliphatic heterocycles. The summed E-state index contributed by atoms with van der Waals surface area (Å²) in [5.74, 6) is 1.39. The molecule has 1 aliphatic carbocycles. The molecular weight excluding hydrogens is 172 g/mol. The lowest BCUT2D eigenvalue weighted by atomic mass is 9.96. The largest absolute Gasteiger partial charge is 0.388 e. The number of nitrogens with one attached hydrogen (secondary N) is 1. The maximum atomic E-state index is 4.17. The van der Waals surface area contributed by atoms with Crippen molar-refractivity contribution < 1.29 is 0 Å². The molecule has 2 heteroatoms. The molecular formula is C12H14N2. The molecule has 0 spiro atoms. The summed E-state index contributed by atoms with van der Waals surface area (Å²) in [7, 11) is 0. The van der Waals surface area contributed by atoms with Crippen LogP contribution in [0.3, 0.4) is 0 Å². The van der Waals surface area contributed by atoms with E-state index in [-0.39, 0.29) is 0 Å². The van der Waals surface area contributed by atoms with Crippen LogP contribution in [0.1, 0.15) is 24.3 Å². The molecule has 1 fully saturated rings. The Balaban J connectivity index is 1.87. The molecule has 72 valence electrons. The number of pyridine rings is 1. The first-order valence-electron chi connectivity index (χ1n) is 5.29. The van der Waals surface area contributed by atoms with E-state index in [9.17, 15) is 0 Å². The first-order chi connectivity index (χ1) is 6.93. The van der Waals surface area contributed by atoms with E-state index in [0.717, 1.165) is 12.5 Å². The van der Waals surface area contributed by atoms with Crippen molar-refractivity contribution in [2.45, 2.75) is 18.8 Å². The van der Waals surface area contributed by atoms with Crippen molar-refractivity contribution in [3.8, 4) is 0 Å². The van der Waals surface area contributed by atoms with Gasteiger partial charge in [0.2, 0.25) is 0 Å². The van der Waals surface area contributed by atoms with Gasteiger partial charge in [-0.2, -0.15) is 0 Å². The van der Waals surface area contributed by atoms with Gasteiger partial charge in [0.25, 0.3) is 0 Å². The smallest absolute Gasteiger partial charge is 0.0305 e. The fourth-order valence-electron chi connectivity index (χ4n) is 2.55. The van der Waals surface area contributed by atoms with Crippen molar-refractivity contribution in [2.75, 3.05) is 6.54 Å². The van der Waals surface area contributed by atoms with Gasteiger partial charge < -0.3 is 5.32 Å². The van der Waals surface area contributed by atoms with E-state index in [1.54, 1.807) is 0 Å². The van der Waals surface area contributed by atoms with E-state index in [1.807, 2.05) is 18.5 Å². The molecule has 2 aliphatic rings. The maximum Gasteiger partial charge on any atom is 0.0305 e. The molecule has 1 saturated heterocycles. The molecule has 14 heavy (non-hydrogen) atoms. The number of fused-ring (bicyclic) bond motifs is 1. The third-order valence-electron chi connectivity index (χ3n) is 3.29. The van der Waals surface area contributed by atoms with E-state index >= 15 is 0 Å². The Hall–Kier alpha value is -1.31. The average Bonchev–Trinajstić information content (AvgIpc) is 2.78. The quantitative estimate of drug-likeness (QED) is 0.726. The van der Waals surface area contributed by atoms with Crippen LogP contribution in [0.15, 0.2) is 36.3 Å². The van der Waals surface area contributed by atoms with Gasteiger partial charge in [0.1, 0.15) is 0 Å². The van der Waals surface area contributed by atoms with Gasteiger partial charge in [-0.25, -0.2) is 0 Å². The zero-order valence-corrected chi connectivity index (χ0v) is 8.11. The molecule has 0 bridgehead atoms. The van der Waals surface area contributed by atoms with Crippen LogP contribution >= 0.6 is 0 Å². The van der Waals surface area contributed by atoms with Gasteiger partial charge in [0.05, 0.1) is 0 Å². The SMILES string of the molecule is C1=C2NCCC2CC1c1cccnc1. The number of rotatable bonds is 1. The summed E-state index contributed by atoms with van der Waals surface area (Å²) < 4.78 is 0. The molecule has 0 amide bonds. The van der Waals surface area contributed by atoms with Crippen molar-refractivity contribution in [2.24, 2.45) is 5.92 Å². The van der Waals surface area contributed by atoms with Gasteiger partial charge in [-0.05, 0) is 24.5 Å². The van der Waals surface area contributed by atoms with E-state index in [4.69, 9.17) is 0 Å². The summed E-state index contributed by atoms with van der Waals surface area (Å²) in [6.07, 6.45) is 8.79. The molecule has 3 rings (SSSR count). The Labute approximate surface area is 84.1 Å². The summed E-state index contributed by atoms with van der Waals surface area (Å²) in [6, 6.07) is 4.20. The summed E-state index contributed by atoms with van der Waals surface area (Å²) in [5.41, 5.74) is 2.83. The standard InChI is InChI=1S/C12H14N2/c1-2-10(8-13-4-1)11-6-9-3-5-14-12(9)7-11/h1-2,4,7-9,11,14H,3,5-6H2. The summed E-state index contributed by atoms with van der Waals surface area (Å²) in [5, 5.41) is 3.46. The highest BCUT2D eigenvalue weighted by Crippen LogP contribution is 2.39. The van der Waals surface area contributed by atoms with Crippen molar-refractivity contribution in [1.82, 2.24) is 10.3 Å². The number of aromatic nitrogens is 1. The maximum absolute atomic E-state index is 4.17. The van der Waals surface area contributed by atoms with Crippen LogP contribution in [0.25, 0.3) is 0 Å². The number of hydrogen-bond donors (Lipinski definition) is 1. The summed E-state index contributed by atoms with van der Waals surface area (Å²) in [4.78, 5) is 4.17. The van der Waals surface area contributed by atoms with Gasteiger partial charge in [-0.15, -0.1) is 0 Å². The van der Waals surface area contributed by atoms with Gasteiger partial charge in [0, 0.05) is 36.5 Å². The van der Waals surface area contributed by atoms with Crippen LogP contribution < -0.4 is 5.32 Å². The Morgan fingerprint density at radius 1 is 1.43 bits per heavy atom. The Morgan fingerprint density at radius 3 is 3.21 bits per heavy atom. The lowest BCUT2D eigenvalue weighted by Gasteiger charge is -2.08. The molecule has 1 N–H and O–H groups in total. The fourth-order valence-corrected chi connectivity index (χ4v) is 2.55. The van der Waals surface area contributed by atoms with Gasteiger partial charge in [-0.1, -0.05) is 12.1 Å². The monoisotopic (exact) mass is 186 g/mol. The van der Waals surface area contributed by atoms with Gasteiger partial charge >= 0.3 is 0 Å². The first-order valence-corrected chi connectivity index (χ1v) is 5.29. The highest BCUT2D eigenvalue weighted by Gasteiger charge is 2.30. The normalized spacial score (nSPS) is 29.6. The van der Waals surface area contributed by atoms with Crippen LogP contribution in [-0.2, 0) is 0 Å². The molecule has 1 aromatic rings. The Bertz CT molecular complexity index is 356. The van der Waals surface area contributed by atoms with E-state index in [0.29, 0.717) is 5.92 Å². The van der Waals surface area contributed by atoms with Crippen molar-refractivity contribution in [1.29, 1.82) is 0 Å². The predicted octanol–water partition coefficient (Wildman–Crippen LogP) is 2.06. The van der Waals surface area contributed by atoms with Crippen molar-refractivity contribution in [3.05, 3.63) is 41.9 Å². The van der Waals surface area contributed by atoms with E-state index < -0.39 is 0 Å². The summed E-state index contributed by atoms with van der Waals surface area (Å²) in [6.45, 7) is 1.16. The molecule has 2 nitrogen and oxygen atoms in total. The third kappa shape index (κ3) is 1.22. The lowest BCUT2D eigenvalue weighted by molar-refractivity contribution is 0.587. The molecule has 0 aromatic carbocycles. The minimum absolute atomic E-state index is 0.594. The number of hydrogen-bond acceptors (Lipinski definition) is 2. The molecule has 1 aromatic heterocycles. The highest BCUT2D eigenvalue weighted by atomic mass is 14.9. The van der Waals surface area contributed by atoms with E-state index in [1.165, 1.54) is 24.1 Å². The van der Waals surface area contributed by atoms with Crippen LogP contribution in [-0.4, -0.2) is 11.5 Å². The van der Waals surface area contributed by atoms with Crippen LogP contribution in [0.2, 0.25) is 0 Å². The Morgan fingerprint density at radius 2 is 2.43 bits per heavy atom. The fraction of sp³-hybridized carbons (Fsp3) is 0.417. The average molecular weight is 186 g/mol. The lowest BCUT2D eigenvalue weighted by Crippen LogP contribution is -2.03. The molecule has 2 heterocycles. The number of allylic oxidation sites excluding steroid dienone is 2. The van der Waals surface area contributed by atoms with Gasteiger partial charge in [0.15, 0.2) is 0 Å². The zero-order chi connectivity index (χ0) is 9.38. The second-order valence-electron chi connectivity index (χ2n) is 4.16. The van der Waals surface area contributed by atoms with Crippen LogP contribution in [0.5, 0.6) is 0 Å². The van der Waals surface area contributed by atoms with Crippen molar-refractivity contribution >= 4 is 0 Å². The van der Waals surface area contributed by atoms with Crippen LogP contribution in [0.4, 0.5) is 0 Å². The van der Waals surface area contributed by atoms with E-state index in [2.05, 4.69) is 22.4 Å². The second-order valence-corrected chi connectivity index (χ2v) is 4.16.